The molecule has 1 heterocycles. The molecule has 2 N–H and O–H groups in total. The van der Waals surface area contributed by atoms with Crippen LogP contribution in [0.2, 0.25) is 0 Å². The van der Waals surface area contributed by atoms with Gasteiger partial charge in [0.15, 0.2) is 0 Å². The molecule has 3 aromatic rings. The molecule has 1 aromatic heterocycles. The molecule has 0 aliphatic carbocycles. The number of amides is 2. The summed E-state index contributed by atoms with van der Waals surface area (Å²) in [5.41, 5.74) is 2.78. The maximum absolute atomic E-state index is 12.6. The predicted octanol–water partition coefficient (Wildman–Crippen LogP) is 2.11. The summed E-state index contributed by atoms with van der Waals surface area (Å²) in [6.07, 6.45) is 1.47. The lowest BCUT2D eigenvalue weighted by Crippen LogP contribution is -2.26. The summed E-state index contributed by atoms with van der Waals surface area (Å²) in [6.45, 7) is 3.34. The minimum Gasteiger partial charge on any atom is -0.346 e. The fourth-order valence-corrected chi connectivity index (χ4v) is 2.52. The van der Waals surface area contributed by atoms with E-state index in [1.807, 2.05) is 31.2 Å². The number of nitrogens with zero attached hydrogens (tertiary/aromatic N) is 4. The van der Waals surface area contributed by atoms with Gasteiger partial charge in [-0.25, -0.2) is 4.68 Å². The van der Waals surface area contributed by atoms with Gasteiger partial charge < -0.3 is 10.6 Å². The van der Waals surface area contributed by atoms with Crippen LogP contribution in [0.4, 0.5) is 5.69 Å². The summed E-state index contributed by atoms with van der Waals surface area (Å²) in [6, 6.07) is 14.2. The average Bonchev–Trinajstić information content (AvgIpc) is 3.16. The lowest BCUT2D eigenvalue weighted by Gasteiger charge is -2.16. The molecule has 8 nitrogen and oxygen atoms in total. The molecule has 0 fully saturated rings. The van der Waals surface area contributed by atoms with Crippen LogP contribution >= 0.6 is 0 Å². The Morgan fingerprint density at radius 2 is 1.92 bits per heavy atom. The fraction of sp³-hybridized carbons (Fsp3) is 0.167. The largest absolute Gasteiger partial charge is 0.346 e. The van der Waals surface area contributed by atoms with Gasteiger partial charge in [-0.15, -0.1) is 5.10 Å². The molecule has 0 aliphatic heterocycles. The minimum absolute atomic E-state index is 0.141. The first-order valence-corrected chi connectivity index (χ1v) is 8.05. The van der Waals surface area contributed by atoms with Crippen LogP contribution in [0.25, 0.3) is 5.69 Å². The van der Waals surface area contributed by atoms with Gasteiger partial charge in [-0.3, -0.25) is 9.59 Å². The first-order valence-electron chi connectivity index (χ1n) is 8.05. The normalized spacial score (nSPS) is 11.6. The third-order valence-electron chi connectivity index (χ3n) is 3.78. The summed E-state index contributed by atoms with van der Waals surface area (Å²) < 4.78 is 1.48. The second-order valence-electron chi connectivity index (χ2n) is 5.81. The van der Waals surface area contributed by atoms with Crippen LogP contribution < -0.4 is 10.6 Å². The summed E-state index contributed by atoms with van der Waals surface area (Å²) in [5, 5.41) is 16.7. The van der Waals surface area contributed by atoms with Crippen LogP contribution in [0.1, 0.15) is 35.8 Å². The van der Waals surface area contributed by atoms with E-state index in [1.54, 1.807) is 24.3 Å². The van der Waals surface area contributed by atoms with E-state index in [4.69, 9.17) is 0 Å². The van der Waals surface area contributed by atoms with Crippen LogP contribution in [0, 0.1) is 0 Å². The molecule has 2 amide bonds. The third-order valence-corrected chi connectivity index (χ3v) is 3.78. The number of carbonyl (C=O) groups is 2. The SMILES string of the molecule is CC(=O)Nc1cccc(C(C)NC(=O)c2cccc(-n3cnnn3)c2)c1. The van der Waals surface area contributed by atoms with Crippen LogP contribution in [0.5, 0.6) is 0 Å². The molecule has 2 aromatic carbocycles. The topological polar surface area (TPSA) is 102 Å². The Balaban J connectivity index is 1.73. The molecular formula is C18H18N6O2. The highest BCUT2D eigenvalue weighted by atomic mass is 16.2. The number of tetrazole rings is 1. The molecule has 0 saturated heterocycles. The highest BCUT2D eigenvalue weighted by Gasteiger charge is 2.13. The monoisotopic (exact) mass is 350 g/mol. The Morgan fingerprint density at radius 3 is 2.65 bits per heavy atom. The van der Waals surface area contributed by atoms with Crippen molar-refractivity contribution in [1.29, 1.82) is 0 Å². The highest BCUT2D eigenvalue weighted by Crippen LogP contribution is 2.18. The summed E-state index contributed by atoms with van der Waals surface area (Å²) in [4.78, 5) is 23.8. The smallest absolute Gasteiger partial charge is 0.251 e. The van der Waals surface area contributed by atoms with Crippen molar-refractivity contribution in [3.8, 4) is 5.69 Å². The minimum atomic E-state index is -0.229. The molecule has 1 atom stereocenters. The van der Waals surface area contributed by atoms with E-state index in [1.165, 1.54) is 17.9 Å². The number of rotatable bonds is 5. The molecule has 0 bridgehead atoms. The zero-order chi connectivity index (χ0) is 18.5. The Hall–Kier alpha value is -3.55. The molecule has 0 spiro atoms. The fourth-order valence-electron chi connectivity index (χ4n) is 2.52. The zero-order valence-corrected chi connectivity index (χ0v) is 14.4. The second kappa shape index (κ2) is 7.56. The van der Waals surface area contributed by atoms with Gasteiger partial charge in [0, 0.05) is 18.2 Å². The van der Waals surface area contributed by atoms with Crippen molar-refractivity contribution in [3.63, 3.8) is 0 Å². The highest BCUT2D eigenvalue weighted by molar-refractivity contribution is 5.95. The molecule has 0 saturated carbocycles. The summed E-state index contributed by atoms with van der Waals surface area (Å²) in [7, 11) is 0. The van der Waals surface area contributed by atoms with Crippen LogP contribution in [-0.2, 0) is 4.79 Å². The van der Waals surface area contributed by atoms with Gasteiger partial charge in [-0.2, -0.15) is 0 Å². The van der Waals surface area contributed by atoms with Crippen molar-refractivity contribution in [2.24, 2.45) is 0 Å². The number of hydrogen-bond donors (Lipinski definition) is 2. The van der Waals surface area contributed by atoms with Gasteiger partial charge >= 0.3 is 0 Å². The standard InChI is InChI=1S/C18H18N6O2/c1-12(14-5-3-7-16(9-14)21-13(2)25)20-18(26)15-6-4-8-17(10-15)24-11-19-22-23-24/h3-12H,1-2H3,(H,20,26)(H,21,25). The van der Waals surface area contributed by atoms with Gasteiger partial charge in [-0.05, 0) is 53.2 Å². The van der Waals surface area contributed by atoms with E-state index in [0.29, 0.717) is 16.9 Å². The Labute approximate surface area is 150 Å². The van der Waals surface area contributed by atoms with E-state index in [0.717, 1.165) is 5.56 Å². The van der Waals surface area contributed by atoms with Gasteiger partial charge in [0.25, 0.3) is 5.91 Å². The van der Waals surface area contributed by atoms with Crippen LogP contribution in [0.3, 0.4) is 0 Å². The zero-order valence-electron chi connectivity index (χ0n) is 14.4. The molecular weight excluding hydrogens is 332 g/mol. The van der Waals surface area contributed by atoms with Gasteiger partial charge in [0.1, 0.15) is 6.33 Å². The van der Waals surface area contributed by atoms with Crippen molar-refractivity contribution in [3.05, 3.63) is 66.0 Å². The quantitative estimate of drug-likeness (QED) is 0.734. The van der Waals surface area contributed by atoms with Crippen molar-refractivity contribution < 1.29 is 9.59 Å². The van der Waals surface area contributed by atoms with Crippen molar-refractivity contribution in [1.82, 2.24) is 25.5 Å². The van der Waals surface area contributed by atoms with Crippen LogP contribution in [-0.4, -0.2) is 32.0 Å². The first kappa shape index (κ1) is 17.3. The average molecular weight is 350 g/mol. The number of nitrogens with one attached hydrogen (secondary N) is 2. The summed E-state index contributed by atoms with van der Waals surface area (Å²) in [5.74, 6) is -0.351. The molecule has 3 rings (SSSR count). The molecule has 132 valence electrons. The number of hydrogen-bond acceptors (Lipinski definition) is 5. The maximum atomic E-state index is 12.6. The third kappa shape index (κ3) is 4.10. The Morgan fingerprint density at radius 1 is 1.12 bits per heavy atom. The maximum Gasteiger partial charge on any atom is 0.251 e. The van der Waals surface area contributed by atoms with E-state index >= 15 is 0 Å². The first-order chi connectivity index (χ1) is 12.5. The van der Waals surface area contributed by atoms with Crippen molar-refractivity contribution in [2.75, 3.05) is 5.32 Å². The van der Waals surface area contributed by atoms with Gasteiger partial charge in [0.05, 0.1) is 11.7 Å². The molecule has 0 aliphatic rings. The Bertz CT molecular complexity index is 923. The lowest BCUT2D eigenvalue weighted by molar-refractivity contribution is -0.114. The van der Waals surface area contributed by atoms with E-state index in [-0.39, 0.29) is 17.9 Å². The predicted molar refractivity (Wildman–Crippen MR) is 95.8 cm³/mol. The number of benzene rings is 2. The van der Waals surface area contributed by atoms with E-state index < -0.39 is 0 Å². The second-order valence-corrected chi connectivity index (χ2v) is 5.81. The van der Waals surface area contributed by atoms with E-state index in [9.17, 15) is 9.59 Å². The number of aromatic nitrogens is 4. The molecule has 0 radical (unpaired) electrons. The Kier molecular flexibility index (Phi) is 5.02. The van der Waals surface area contributed by atoms with E-state index in [2.05, 4.69) is 26.2 Å². The number of carbonyl (C=O) groups excluding carboxylic acids is 2. The molecule has 26 heavy (non-hydrogen) atoms. The van der Waals surface area contributed by atoms with Gasteiger partial charge in [0.2, 0.25) is 5.91 Å². The lowest BCUT2D eigenvalue weighted by atomic mass is 10.1. The number of anilines is 1. The van der Waals surface area contributed by atoms with Gasteiger partial charge in [-0.1, -0.05) is 18.2 Å². The van der Waals surface area contributed by atoms with Crippen molar-refractivity contribution in [2.45, 2.75) is 19.9 Å². The molecule has 8 heteroatoms. The van der Waals surface area contributed by atoms with Crippen molar-refractivity contribution >= 4 is 17.5 Å². The molecule has 1 unspecified atom stereocenters. The summed E-state index contributed by atoms with van der Waals surface area (Å²) >= 11 is 0. The van der Waals surface area contributed by atoms with Crippen LogP contribution in [0.15, 0.2) is 54.9 Å².